The molecule has 0 aliphatic carbocycles. The fraction of sp³-hybridized carbons (Fsp3) is 0.296. The standard InChI is InChI=1S/C27H32N3O2P/c1-7-30(8-2)19-9-13-22(14-10-19)33(32)25-17-20(28(3)4)11-15-23(25)27(31)24-16-12-21(29(5)6)18-26(24)33/h9-18H,7-8H2,1-6H3. The van der Waals surface area contributed by atoms with E-state index in [1.807, 2.05) is 98.7 Å². The van der Waals surface area contributed by atoms with Crippen molar-refractivity contribution in [1.82, 2.24) is 0 Å². The first-order chi connectivity index (χ1) is 15.7. The molecule has 0 atom stereocenters. The summed E-state index contributed by atoms with van der Waals surface area (Å²) >= 11 is 0. The van der Waals surface area contributed by atoms with Crippen LogP contribution in [0.25, 0.3) is 0 Å². The maximum atomic E-state index is 15.2. The van der Waals surface area contributed by atoms with Gasteiger partial charge < -0.3 is 19.3 Å². The molecular weight excluding hydrogens is 429 g/mol. The van der Waals surface area contributed by atoms with E-state index in [1.54, 1.807) is 0 Å². The lowest BCUT2D eigenvalue weighted by atomic mass is 10.0. The van der Waals surface area contributed by atoms with Gasteiger partial charge in [0.05, 0.1) is 0 Å². The van der Waals surface area contributed by atoms with Crippen LogP contribution in [0.1, 0.15) is 29.8 Å². The van der Waals surface area contributed by atoms with Crippen molar-refractivity contribution in [2.75, 3.05) is 56.0 Å². The van der Waals surface area contributed by atoms with Gasteiger partial charge >= 0.3 is 0 Å². The molecule has 1 aliphatic heterocycles. The molecule has 0 N–H and O–H groups in total. The summed E-state index contributed by atoms with van der Waals surface area (Å²) in [5.41, 5.74) is 4.01. The lowest BCUT2D eigenvalue weighted by Crippen LogP contribution is -2.38. The highest BCUT2D eigenvalue weighted by Crippen LogP contribution is 2.49. The van der Waals surface area contributed by atoms with Gasteiger partial charge in [-0.15, -0.1) is 0 Å². The maximum absolute atomic E-state index is 15.2. The molecule has 3 aromatic rings. The van der Waals surface area contributed by atoms with Gasteiger partial charge in [0.1, 0.15) is 0 Å². The number of rotatable bonds is 6. The average molecular weight is 462 g/mol. The van der Waals surface area contributed by atoms with Crippen molar-refractivity contribution in [3.8, 4) is 0 Å². The van der Waals surface area contributed by atoms with Crippen LogP contribution in [0.15, 0.2) is 60.7 Å². The lowest BCUT2D eigenvalue weighted by Gasteiger charge is -2.31. The average Bonchev–Trinajstić information content (AvgIpc) is 2.83. The summed E-state index contributed by atoms with van der Waals surface area (Å²) in [6.45, 7) is 6.08. The van der Waals surface area contributed by atoms with Crippen LogP contribution in [0.4, 0.5) is 17.1 Å². The maximum Gasteiger partial charge on any atom is 0.194 e. The molecule has 0 unspecified atom stereocenters. The Bertz CT molecular complexity index is 1180. The Balaban J connectivity index is 2.01. The van der Waals surface area contributed by atoms with Gasteiger partial charge in [-0.25, -0.2) is 0 Å². The third-order valence-electron chi connectivity index (χ3n) is 6.51. The SMILES string of the molecule is CCN(CC)c1ccc(P2(=O)c3cc(N(C)C)ccc3C(=O)c3ccc(N(C)C)cc32)cc1. The Labute approximate surface area is 197 Å². The summed E-state index contributed by atoms with van der Waals surface area (Å²) in [6, 6.07) is 19.4. The molecule has 0 spiro atoms. The Hall–Kier alpha value is -3.04. The smallest absolute Gasteiger partial charge is 0.194 e. The van der Waals surface area contributed by atoms with E-state index >= 15 is 4.57 Å². The molecule has 0 bridgehead atoms. The third-order valence-corrected chi connectivity index (χ3v) is 9.63. The van der Waals surface area contributed by atoms with E-state index in [1.165, 1.54) is 0 Å². The van der Waals surface area contributed by atoms with Crippen LogP contribution in [0.5, 0.6) is 0 Å². The number of fused-ring (bicyclic) bond motifs is 2. The molecule has 3 aromatic carbocycles. The molecule has 5 nitrogen and oxygen atoms in total. The van der Waals surface area contributed by atoms with E-state index in [0.29, 0.717) is 21.7 Å². The summed E-state index contributed by atoms with van der Waals surface area (Å²) in [5.74, 6) is -0.0677. The van der Waals surface area contributed by atoms with Crippen LogP contribution in [0.3, 0.4) is 0 Å². The topological polar surface area (TPSA) is 43.9 Å². The minimum absolute atomic E-state index is 0.0677. The monoisotopic (exact) mass is 461 g/mol. The van der Waals surface area contributed by atoms with Crippen molar-refractivity contribution in [3.05, 3.63) is 71.8 Å². The van der Waals surface area contributed by atoms with Gasteiger partial charge in [0.25, 0.3) is 0 Å². The lowest BCUT2D eigenvalue weighted by molar-refractivity contribution is 0.104. The van der Waals surface area contributed by atoms with Crippen LogP contribution < -0.4 is 30.6 Å². The van der Waals surface area contributed by atoms with E-state index in [9.17, 15) is 4.79 Å². The molecule has 6 heteroatoms. The van der Waals surface area contributed by atoms with Gasteiger partial charge in [-0.1, -0.05) is 0 Å². The van der Waals surface area contributed by atoms with Gasteiger partial charge in [-0.3, -0.25) is 4.79 Å². The Morgan fingerprint density at radius 3 is 1.48 bits per heavy atom. The molecule has 1 heterocycles. The first-order valence-corrected chi connectivity index (χ1v) is 13.1. The van der Waals surface area contributed by atoms with E-state index in [2.05, 4.69) is 18.7 Å². The Kier molecular flexibility index (Phi) is 6.11. The molecule has 0 aromatic heterocycles. The molecular formula is C27H32N3O2P. The zero-order valence-corrected chi connectivity index (χ0v) is 21.2. The van der Waals surface area contributed by atoms with Crippen LogP contribution >= 0.6 is 7.14 Å². The van der Waals surface area contributed by atoms with E-state index in [4.69, 9.17) is 0 Å². The minimum atomic E-state index is -3.28. The summed E-state index contributed by atoms with van der Waals surface area (Å²) in [5, 5.41) is 2.00. The zero-order valence-electron chi connectivity index (χ0n) is 20.3. The van der Waals surface area contributed by atoms with Gasteiger partial charge in [0.2, 0.25) is 0 Å². The fourth-order valence-electron chi connectivity index (χ4n) is 4.52. The Morgan fingerprint density at radius 1 is 0.667 bits per heavy atom. The van der Waals surface area contributed by atoms with Gasteiger partial charge in [-0.2, -0.15) is 0 Å². The van der Waals surface area contributed by atoms with Crippen molar-refractivity contribution in [2.45, 2.75) is 13.8 Å². The van der Waals surface area contributed by atoms with Crippen LogP contribution in [-0.4, -0.2) is 47.1 Å². The second-order valence-electron chi connectivity index (χ2n) is 8.82. The molecule has 4 rings (SSSR count). The molecule has 33 heavy (non-hydrogen) atoms. The first kappa shape index (κ1) is 23.1. The highest BCUT2D eigenvalue weighted by molar-refractivity contribution is 7.85. The van der Waals surface area contributed by atoms with Crippen molar-refractivity contribution in [3.63, 3.8) is 0 Å². The second kappa shape index (κ2) is 8.72. The highest BCUT2D eigenvalue weighted by Gasteiger charge is 2.41. The highest BCUT2D eigenvalue weighted by atomic mass is 31.2. The van der Waals surface area contributed by atoms with Crippen LogP contribution in [0.2, 0.25) is 0 Å². The number of carbonyl (C=O) groups is 1. The van der Waals surface area contributed by atoms with Gasteiger partial charge in [0.15, 0.2) is 12.9 Å². The van der Waals surface area contributed by atoms with Gasteiger partial charge in [-0.05, 0) is 74.5 Å². The number of hydrogen-bond donors (Lipinski definition) is 0. The predicted molar refractivity (Wildman–Crippen MR) is 141 cm³/mol. The van der Waals surface area contributed by atoms with E-state index in [0.717, 1.165) is 35.5 Å². The number of ketones is 1. The van der Waals surface area contributed by atoms with Crippen molar-refractivity contribution in [1.29, 1.82) is 0 Å². The van der Waals surface area contributed by atoms with Crippen LogP contribution in [0, 0.1) is 0 Å². The van der Waals surface area contributed by atoms with Crippen LogP contribution in [-0.2, 0) is 4.57 Å². The normalized spacial score (nSPS) is 13.8. The molecule has 0 saturated carbocycles. The molecule has 1 aliphatic rings. The molecule has 0 fully saturated rings. The predicted octanol–water partition coefficient (Wildman–Crippen LogP) is 3.85. The van der Waals surface area contributed by atoms with Crippen molar-refractivity contribution >= 4 is 45.9 Å². The molecule has 0 amide bonds. The van der Waals surface area contributed by atoms with Crippen molar-refractivity contribution in [2.24, 2.45) is 0 Å². The Morgan fingerprint density at radius 2 is 1.09 bits per heavy atom. The first-order valence-electron chi connectivity index (χ1n) is 11.4. The summed E-state index contributed by atoms with van der Waals surface area (Å²) < 4.78 is 15.2. The van der Waals surface area contributed by atoms with E-state index in [-0.39, 0.29) is 5.78 Å². The quantitative estimate of drug-likeness (QED) is 0.408. The summed E-state index contributed by atoms with van der Waals surface area (Å²) in [6.07, 6.45) is 0. The zero-order chi connectivity index (χ0) is 23.9. The number of hydrogen-bond acceptors (Lipinski definition) is 5. The molecule has 0 saturated heterocycles. The largest absolute Gasteiger partial charge is 0.378 e. The van der Waals surface area contributed by atoms with Crippen molar-refractivity contribution < 1.29 is 9.36 Å². The fourth-order valence-corrected chi connectivity index (χ4v) is 7.56. The number of nitrogens with zero attached hydrogens (tertiary/aromatic N) is 3. The number of benzene rings is 3. The van der Waals surface area contributed by atoms with E-state index < -0.39 is 7.14 Å². The molecule has 0 radical (unpaired) electrons. The molecule has 172 valence electrons. The number of anilines is 3. The number of carbonyl (C=O) groups excluding carboxylic acids is 1. The van der Waals surface area contributed by atoms with Gasteiger partial charge in [0, 0.05) is 85.4 Å². The second-order valence-corrected chi connectivity index (χ2v) is 11.5. The third kappa shape index (κ3) is 3.75. The minimum Gasteiger partial charge on any atom is -0.378 e. The summed E-state index contributed by atoms with van der Waals surface area (Å²) in [4.78, 5) is 19.7. The summed E-state index contributed by atoms with van der Waals surface area (Å²) in [7, 11) is 4.53.